The van der Waals surface area contributed by atoms with Gasteiger partial charge in [0.25, 0.3) is 0 Å². The van der Waals surface area contributed by atoms with E-state index < -0.39 is 40.8 Å². The number of rotatable bonds is 3. The van der Waals surface area contributed by atoms with E-state index in [2.05, 4.69) is 29.0 Å². The van der Waals surface area contributed by atoms with Crippen molar-refractivity contribution in [2.24, 2.45) is 11.7 Å². The molecule has 2 aromatic carbocycles. The molecule has 192 valence electrons. The van der Waals surface area contributed by atoms with Gasteiger partial charge in [0.15, 0.2) is 11.4 Å². The Bertz CT molecular complexity index is 1630. The average molecular weight is 511 g/mol. The number of methoxy groups -OCH3 is 1. The van der Waals surface area contributed by atoms with Gasteiger partial charge in [0.1, 0.15) is 23.1 Å². The first-order valence-electron chi connectivity index (χ1n) is 12.4. The molecule has 8 nitrogen and oxygen atoms in total. The second-order valence-corrected chi connectivity index (χ2v) is 10.1. The number of aliphatic hydroxyl groups excluding tert-OH is 1. The summed E-state index contributed by atoms with van der Waals surface area (Å²) >= 11 is 0. The standard InChI is InChI=1S/C30H26N2O6/c1-14-11-17-22(28(37-4)18(14)13-31)27(36)23-20(34)12-19-25(24(23)26(17)35)32-21-10-8-6-5-7-9-15(2)29(19)30(21,38-29)16(3)33/h5-6,11-12,15-16,21,32-34H,13,31H2,1-4H3/b6-5-/t15-,16+,21-,29+,30-/m0/s1. The topological polar surface area (TPSA) is 134 Å². The molecule has 4 aliphatic rings. The second-order valence-electron chi connectivity index (χ2n) is 10.1. The minimum Gasteiger partial charge on any atom is -0.507 e. The predicted octanol–water partition coefficient (Wildman–Crippen LogP) is 2.30. The maximum atomic E-state index is 14.2. The molecular weight excluding hydrogens is 484 g/mol. The molecule has 0 aromatic heterocycles. The van der Waals surface area contributed by atoms with Crippen molar-refractivity contribution in [2.45, 2.75) is 50.7 Å². The van der Waals surface area contributed by atoms with Gasteiger partial charge < -0.3 is 30.7 Å². The summed E-state index contributed by atoms with van der Waals surface area (Å²) in [5.41, 5.74) is 5.85. The van der Waals surface area contributed by atoms with E-state index in [0.29, 0.717) is 22.4 Å². The number of allylic oxidation sites excluding steroid dienone is 2. The van der Waals surface area contributed by atoms with E-state index in [0.717, 1.165) is 0 Å². The van der Waals surface area contributed by atoms with Gasteiger partial charge in [-0.05, 0) is 50.6 Å². The lowest BCUT2D eigenvalue weighted by atomic mass is 9.67. The van der Waals surface area contributed by atoms with Crippen molar-refractivity contribution in [2.75, 3.05) is 12.4 Å². The van der Waals surface area contributed by atoms with Crippen LogP contribution in [-0.2, 0) is 16.9 Å². The van der Waals surface area contributed by atoms with E-state index in [9.17, 15) is 19.8 Å². The number of aliphatic hydroxyl groups is 1. The number of fused-ring (bicyclic) bond motifs is 4. The quantitative estimate of drug-likeness (QED) is 0.240. The fourth-order valence-corrected chi connectivity index (χ4v) is 6.50. The highest BCUT2D eigenvalue weighted by atomic mass is 16.6. The van der Waals surface area contributed by atoms with Crippen molar-refractivity contribution < 1.29 is 29.3 Å². The number of anilines is 1. The molecule has 2 aliphatic heterocycles. The van der Waals surface area contributed by atoms with Crippen LogP contribution < -0.4 is 15.8 Å². The van der Waals surface area contributed by atoms with Crippen LogP contribution in [-0.4, -0.2) is 46.6 Å². The predicted molar refractivity (Wildman–Crippen MR) is 139 cm³/mol. The third kappa shape index (κ3) is 2.72. The monoisotopic (exact) mass is 510 g/mol. The molecular formula is C30H26N2O6. The lowest BCUT2D eigenvalue weighted by Crippen LogP contribution is -2.53. The summed E-state index contributed by atoms with van der Waals surface area (Å²) in [4.78, 5) is 28.1. The number of aromatic hydroxyl groups is 1. The number of nitrogens with one attached hydrogen (secondary N) is 1. The summed E-state index contributed by atoms with van der Waals surface area (Å²) in [7, 11) is 1.42. The normalized spacial score (nSPS) is 29.0. The first-order valence-corrected chi connectivity index (χ1v) is 12.4. The highest BCUT2D eigenvalue weighted by molar-refractivity contribution is 6.32. The summed E-state index contributed by atoms with van der Waals surface area (Å²) in [6, 6.07) is 2.35. The Morgan fingerprint density at radius 2 is 1.87 bits per heavy atom. The highest BCUT2D eigenvalue weighted by Gasteiger charge is 2.81. The molecule has 1 fully saturated rings. The SMILES string of the molecule is COc1c(CN)c(C)cc2c1C(=O)c1c(O)cc3c(c1C2=O)N[C@H]1C#C/C=C\C#C[C@H](C)[C@@]32O[C@@]12[C@@H](C)O. The van der Waals surface area contributed by atoms with Crippen LogP contribution in [0.3, 0.4) is 0 Å². The molecule has 2 aliphatic carbocycles. The van der Waals surface area contributed by atoms with Crippen LogP contribution in [0.15, 0.2) is 24.3 Å². The number of aryl methyl sites for hydroxylation is 1. The molecule has 2 aromatic rings. The van der Waals surface area contributed by atoms with Crippen LogP contribution in [0.1, 0.15) is 62.4 Å². The first kappa shape index (κ1) is 24.3. The van der Waals surface area contributed by atoms with Gasteiger partial charge in [0, 0.05) is 23.2 Å². The number of hydrogen-bond acceptors (Lipinski definition) is 8. The van der Waals surface area contributed by atoms with Crippen LogP contribution in [0, 0.1) is 36.5 Å². The number of phenolic OH excluding ortho intramolecular Hbond substituents is 1. The maximum absolute atomic E-state index is 14.2. The number of carbonyl (C=O) groups excluding carboxylic acids is 2. The Morgan fingerprint density at radius 3 is 2.53 bits per heavy atom. The molecule has 2 heterocycles. The van der Waals surface area contributed by atoms with Gasteiger partial charge >= 0.3 is 0 Å². The van der Waals surface area contributed by atoms with Crippen LogP contribution in [0.5, 0.6) is 11.5 Å². The molecule has 5 N–H and O–H groups in total. The molecule has 8 heteroatoms. The lowest BCUT2D eigenvalue weighted by molar-refractivity contribution is 0.0868. The highest BCUT2D eigenvalue weighted by Crippen LogP contribution is 2.68. The molecule has 6 rings (SSSR count). The van der Waals surface area contributed by atoms with Crippen LogP contribution in [0.4, 0.5) is 5.69 Å². The Morgan fingerprint density at radius 1 is 1.16 bits per heavy atom. The molecule has 2 bridgehead atoms. The maximum Gasteiger partial charge on any atom is 0.202 e. The molecule has 0 amide bonds. The fourth-order valence-electron chi connectivity index (χ4n) is 6.50. The summed E-state index contributed by atoms with van der Waals surface area (Å²) in [6.45, 7) is 5.41. The molecule has 0 unspecified atom stereocenters. The van der Waals surface area contributed by atoms with Gasteiger partial charge in [-0.2, -0.15) is 0 Å². The Hall–Kier alpha value is -4.08. The van der Waals surface area contributed by atoms with E-state index in [1.54, 1.807) is 32.1 Å². The van der Waals surface area contributed by atoms with Gasteiger partial charge in [-0.15, -0.1) is 0 Å². The van der Waals surface area contributed by atoms with Crippen molar-refractivity contribution in [3.8, 4) is 35.2 Å². The van der Waals surface area contributed by atoms with Crippen LogP contribution in [0.2, 0.25) is 0 Å². The number of epoxide rings is 1. The molecule has 5 atom stereocenters. The van der Waals surface area contributed by atoms with Crippen LogP contribution in [0.25, 0.3) is 0 Å². The summed E-state index contributed by atoms with van der Waals surface area (Å²) in [6.07, 6.45) is 2.29. The number of hydrogen-bond donors (Lipinski definition) is 4. The molecule has 0 saturated carbocycles. The molecule has 38 heavy (non-hydrogen) atoms. The van der Waals surface area contributed by atoms with Crippen molar-refractivity contribution in [3.05, 3.63) is 63.2 Å². The number of nitrogens with two attached hydrogens (primary N) is 1. The van der Waals surface area contributed by atoms with Crippen LogP contribution >= 0.6 is 0 Å². The average Bonchev–Trinajstić information content (AvgIpc) is 3.62. The Balaban J connectivity index is 1.67. The van der Waals surface area contributed by atoms with Crippen molar-refractivity contribution in [1.82, 2.24) is 0 Å². The smallest absolute Gasteiger partial charge is 0.202 e. The largest absolute Gasteiger partial charge is 0.507 e. The number of phenols is 1. The third-order valence-corrected chi connectivity index (χ3v) is 8.24. The van der Waals surface area contributed by atoms with Crippen molar-refractivity contribution in [3.63, 3.8) is 0 Å². The number of ether oxygens (including phenoxy) is 2. The van der Waals surface area contributed by atoms with E-state index >= 15 is 0 Å². The van der Waals surface area contributed by atoms with Gasteiger partial charge in [0.2, 0.25) is 5.78 Å². The fraction of sp³-hybridized carbons (Fsp3) is 0.333. The second kappa shape index (κ2) is 7.96. The van der Waals surface area contributed by atoms with E-state index in [-0.39, 0.29) is 40.3 Å². The van der Waals surface area contributed by atoms with Gasteiger partial charge in [-0.25, -0.2) is 0 Å². The lowest BCUT2D eigenvalue weighted by Gasteiger charge is -2.38. The zero-order valence-corrected chi connectivity index (χ0v) is 21.4. The zero-order chi connectivity index (χ0) is 27.1. The number of benzene rings is 2. The van der Waals surface area contributed by atoms with Gasteiger partial charge in [0.05, 0.1) is 41.5 Å². The van der Waals surface area contributed by atoms with Gasteiger partial charge in [-0.1, -0.05) is 23.7 Å². The molecule has 0 radical (unpaired) electrons. The van der Waals surface area contributed by atoms with E-state index in [4.69, 9.17) is 15.2 Å². The summed E-state index contributed by atoms with van der Waals surface area (Å²) in [5.74, 6) is 10.6. The van der Waals surface area contributed by atoms with E-state index in [1.807, 2.05) is 6.92 Å². The molecule has 0 spiro atoms. The third-order valence-electron chi connectivity index (χ3n) is 8.24. The summed E-state index contributed by atoms with van der Waals surface area (Å²) in [5, 5.41) is 25.5. The number of ketones is 2. The molecule has 1 saturated heterocycles. The van der Waals surface area contributed by atoms with Crippen molar-refractivity contribution in [1.29, 1.82) is 0 Å². The van der Waals surface area contributed by atoms with E-state index in [1.165, 1.54) is 13.2 Å². The summed E-state index contributed by atoms with van der Waals surface area (Å²) < 4.78 is 12.0. The van der Waals surface area contributed by atoms with Crippen molar-refractivity contribution >= 4 is 17.3 Å². The Kier molecular flexibility index (Phi) is 5.08. The zero-order valence-electron chi connectivity index (χ0n) is 21.4. The van der Waals surface area contributed by atoms with Gasteiger partial charge in [-0.3, -0.25) is 9.59 Å². The first-order chi connectivity index (χ1) is 18.1. The minimum absolute atomic E-state index is 0.0353. The number of carbonyl (C=O) groups is 2. The Labute approximate surface area is 219 Å². The minimum atomic E-state index is -1.18.